The zero-order valence-corrected chi connectivity index (χ0v) is 26.2. The van der Waals surface area contributed by atoms with E-state index in [0.29, 0.717) is 62.1 Å². The van der Waals surface area contributed by atoms with Crippen molar-refractivity contribution in [2.75, 3.05) is 56.0 Å². The van der Waals surface area contributed by atoms with Crippen LogP contribution in [0.1, 0.15) is 39.1 Å². The van der Waals surface area contributed by atoms with Gasteiger partial charge in [0.2, 0.25) is 5.79 Å². The third-order valence-electron chi connectivity index (χ3n) is 9.52. The van der Waals surface area contributed by atoms with E-state index in [1.54, 1.807) is 30.3 Å². The Morgan fingerprint density at radius 2 is 1.65 bits per heavy atom. The second kappa shape index (κ2) is 11.3. The highest BCUT2D eigenvalue weighted by Gasteiger charge is 2.48. The van der Waals surface area contributed by atoms with Gasteiger partial charge in [0, 0.05) is 22.4 Å². The Balaban J connectivity index is 1.06. The van der Waals surface area contributed by atoms with E-state index < -0.39 is 23.5 Å². The lowest BCUT2D eigenvalue weighted by Gasteiger charge is -2.47. The minimum absolute atomic E-state index is 0.0289. The maximum absolute atomic E-state index is 15.7. The molecule has 1 amide bonds. The van der Waals surface area contributed by atoms with Crippen molar-refractivity contribution in [2.24, 2.45) is 0 Å². The normalized spacial score (nSPS) is 22.9. The van der Waals surface area contributed by atoms with E-state index in [-0.39, 0.29) is 52.1 Å². The number of halogens is 3. The van der Waals surface area contributed by atoms with Gasteiger partial charge in [-0.1, -0.05) is 41.4 Å². The Bertz CT molecular complexity index is 1720. The third kappa shape index (κ3) is 4.87. The largest absolute Gasteiger partial charge is 0.478 e. The van der Waals surface area contributed by atoms with Crippen LogP contribution in [0, 0.1) is 5.82 Å². The molecule has 1 N–H and O–H groups in total. The number of hydrogen-bond donors (Lipinski definition) is 1. The molecule has 8 rings (SSSR count). The van der Waals surface area contributed by atoms with Gasteiger partial charge in [-0.25, -0.2) is 9.18 Å². The van der Waals surface area contributed by atoms with Crippen LogP contribution in [0.25, 0.3) is 11.1 Å². The molecule has 10 nitrogen and oxygen atoms in total. The van der Waals surface area contributed by atoms with Crippen molar-refractivity contribution in [2.45, 2.75) is 37.3 Å². The maximum Gasteiger partial charge on any atom is 0.337 e. The molecule has 240 valence electrons. The van der Waals surface area contributed by atoms with E-state index in [0.717, 1.165) is 24.6 Å². The Kier molecular flexibility index (Phi) is 7.30. The quantitative estimate of drug-likeness (QED) is 0.382. The minimum Gasteiger partial charge on any atom is -0.478 e. The van der Waals surface area contributed by atoms with E-state index in [1.165, 1.54) is 4.90 Å². The molecule has 4 fully saturated rings. The molecule has 2 atom stereocenters. The highest BCUT2D eigenvalue weighted by Crippen LogP contribution is 2.44. The van der Waals surface area contributed by atoms with Gasteiger partial charge in [-0.05, 0) is 37.1 Å². The first-order valence-electron chi connectivity index (χ1n) is 15.2. The SMILES string of the molecule is O=C(O)c1cc(F)c(-c2cccc3c2OCN(C(=O)c2c(Cl)cc(N4CC5(C4)OCCO5)cc2Cl)C3)cc1N1C2CCC1COC2. The number of carbonyl (C=O) groups is 2. The molecular formula is C33H30Cl2FN3O7. The summed E-state index contributed by atoms with van der Waals surface area (Å²) >= 11 is 13.3. The average molecular weight is 671 g/mol. The number of carboxylic acid groups (broad SMARTS) is 1. The number of aromatic carboxylic acids is 1. The van der Waals surface area contributed by atoms with Gasteiger partial charge in [-0.2, -0.15) is 0 Å². The monoisotopic (exact) mass is 669 g/mol. The van der Waals surface area contributed by atoms with Crippen molar-refractivity contribution in [3.8, 4) is 16.9 Å². The number of nitrogens with zero attached hydrogens (tertiary/aromatic N) is 3. The van der Waals surface area contributed by atoms with Crippen molar-refractivity contribution < 1.29 is 38.0 Å². The Morgan fingerprint density at radius 1 is 0.957 bits per heavy atom. The van der Waals surface area contributed by atoms with Crippen molar-refractivity contribution in [1.82, 2.24) is 4.90 Å². The van der Waals surface area contributed by atoms with Crippen LogP contribution in [-0.2, 0) is 20.8 Å². The molecule has 2 bridgehead atoms. The molecule has 1 spiro atoms. The molecule has 0 radical (unpaired) electrons. The van der Waals surface area contributed by atoms with E-state index in [2.05, 4.69) is 4.90 Å². The molecule has 3 aromatic carbocycles. The number of morpholine rings is 1. The van der Waals surface area contributed by atoms with Crippen LogP contribution in [0.4, 0.5) is 15.8 Å². The summed E-state index contributed by atoms with van der Waals surface area (Å²) in [4.78, 5) is 31.5. The summed E-state index contributed by atoms with van der Waals surface area (Å²) in [6.07, 6.45) is 1.76. The predicted octanol–water partition coefficient (Wildman–Crippen LogP) is 5.42. The molecule has 4 saturated heterocycles. The zero-order chi connectivity index (χ0) is 31.7. The number of carbonyl (C=O) groups excluding carboxylic acids is 1. The van der Waals surface area contributed by atoms with Crippen molar-refractivity contribution in [1.29, 1.82) is 0 Å². The van der Waals surface area contributed by atoms with Crippen molar-refractivity contribution in [3.05, 3.63) is 75.0 Å². The fourth-order valence-corrected chi connectivity index (χ4v) is 7.93. The standard InChI is InChI=1S/C33H30Cl2FN3O7/c34-25-8-21(38-15-33(16-38)45-6-7-46-33)9-26(35)29(25)31(40)37-12-18-2-1-3-22(30(18)44-17-37)23-11-28(24(32(41)42)10-27(23)36)39-19-4-5-20(39)14-43-13-19/h1-3,8-11,19-20H,4-7,12-17H2,(H,41,42). The van der Waals surface area contributed by atoms with Gasteiger partial charge < -0.3 is 38.8 Å². The number of fused-ring (bicyclic) bond motifs is 3. The number of ether oxygens (including phenoxy) is 4. The van der Waals surface area contributed by atoms with Gasteiger partial charge in [0.15, 0.2) is 6.73 Å². The Labute approximate surface area is 274 Å². The van der Waals surface area contributed by atoms with Gasteiger partial charge in [0.25, 0.3) is 5.91 Å². The van der Waals surface area contributed by atoms with Crippen LogP contribution in [0.15, 0.2) is 42.5 Å². The van der Waals surface area contributed by atoms with Crippen LogP contribution >= 0.6 is 23.2 Å². The fourth-order valence-electron chi connectivity index (χ4n) is 7.29. The first-order valence-corrected chi connectivity index (χ1v) is 16.0. The smallest absolute Gasteiger partial charge is 0.337 e. The molecule has 0 aromatic heterocycles. The third-order valence-corrected chi connectivity index (χ3v) is 10.1. The number of benzene rings is 3. The lowest BCUT2D eigenvalue weighted by atomic mass is 9.96. The molecule has 0 saturated carbocycles. The summed E-state index contributed by atoms with van der Waals surface area (Å²) in [5, 5.41) is 10.4. The lowest BCUT2D eigenvalue weighted by Crippen LogP contribution is -2.62. The second-order valence-electron chi connectivity index (χ2n) is 12.3. The van der Waals surface area contributed by atoms with E-state index in [9.17, 15) is 14.7 Å². The van der Waals surface area contributed by atoms with Gasteiger partial charge >= 0.3 is 5.97 Å². The zero-order valence-electron chi connectivity index (χ0n) is 24.6. The maximum atomic E-state index is 15.7. The molecule has 46 heavy (non-hydrogen) atoms. The van der Waals surface area contributed by atoms with Crippen LogP contribution in [0.5, 0.6) is 5.75 Å². The first kappa shape index (κ1) is 29.8. The second-order valence-corrected chi connectivity index (χ2v) is 13.1. The van der Waals surface area contributed by atoms with E-state index in [4.69, 9.17) is 42.1 Å². The van der Waals surface area contributed by atoms with Gasteiger partial charge in [0.05, 0.1) is 85.0 Å². The Hall–Kier alpha value is -3.61. The average Bonchev–Trinajstić information content (AvgIpc) is 3.61. The highest BCUT2D eigenvalue weighted by atomic mass is 35.5. The molecule has 13 heteroatoms. The summed E-state index contributed by atoms with van der Waals surface area (Å²) in [6.45, 7) is 3.26. The number of amides is 1. The molecule has 5 heterocycles. The van der Waals surface area contributed by atoms with Gasteiger partial charge in [-0.15, -0.1) is 0 Å². The van der Waals surface area contributed by atoms with Crippen LogP contribution < -0.4 is 14.5 Å². The minimum atomic E-state index is -1.19. The topological polar surface area (TPSA) is 101 Å². The first-order chi connectivity index (χ1) is 22.2. The molecule has 5 aliphatic heterocycles. The summed E-state index contributed by atoms with van der Waals surface area (Å²) in [7, 11) is 0. The number of para-hydroxylation sites is 1. The lowest BCUT2D eigenvalue weighted by molar-refractivity contribution is -0.172. The molecule has 5 aliphatic rings. The fraction of sp³-hybridized carbons (Fsp3) is 0.394. The molecular weight excluding hydrogens is 640 g/mol. The van der Waals surface area contributed by atoms with Gasteiger partial charge in [-0.3, -0.25) is 4.79 Å². The number of rotatable bonds is 5. The highest BCUT2D eigenvalue weighted by molar-refractivity contribution is 6.40. The van der Waals surface area contributed by atoms with Crippen LogP contribution in [0.3, 0.4) is 0 Å². The predicted molar refractivity (Wildman–Crippen MR) is 168 cm³/mol. The van der Waals surface area contributed by atoms with Crippen LogP contribution in [-0.4, -0.2) is 86.0 Å². The van der Waals surface area contributed by atoms with Crippen LogP contribution in [0.2, 0.25) is 10.0 Å². The van der Waals surface area contributed by atoms with E-state index >= 15 is 4.39 Å². The summed E-state index contributed by atoms with van der Waals surface area (Å²) in [6, 6.07) is 11.5. The number of carboxylic acids is 1. The Morgan fingerprint density at radius 3 is 2.33 bits per heavy atom. The summed E-state index contributed by atoms with van der Waals surface area (Å²) < 4.78 is 38.9. The molecule has 0 aliphatic carbocycles. The number of anilines is 2. The number of hydrogen-bond acceptors (Lipinski definition) is 8. The van der Waals surface area contributed by atoms with Gasteiger partial charge in [0.1, 0.15) is 11.6 Å². The van der Waals surface area contributed by atoms with Crippen molar-refractivity contribution >= 4 is 46.5 Å². The molecule has 2 unspecified atom stereocenters. The summed E-state index contributed by atoms with van der Waals surface area (Å²) in [5.41, 5.74) is 2.68. The summed E-state index contributed by atoms with van der Waals surface area (Å²) in [5.74, 6) is -2.42. The molecule has 3 aromatic rings. The van der Waals surface area contributed by atoms with Crippen molar-refractivity contribution in [3.63, 3.8) is 0 Å². The van der Waals surface area contributed by atoms with E-state index in [1.807, 2.05) is 11.0 Å².